The molecule has 1 aromatic heterocycles. The second kappa shape index (κ2) is 12.8. The van der Waals surface area contributed by atoms with Gasteiger partial charge in [-0.1, -0.05) is 57.0 Å². The van der Waals surface area contributed by atoms with Crippen molar-refractivity contribution in [1.82, 2.24) is 10.3 Å². The van der Waals surface area contributed by atoms with E-state index >= 15 is 0 Å². The van der Waals surface area contributed by atoms with Gasteiger partial charge < -0.3 is 15.2 Å². The number of nitrogens with one attached hydrogen (secondary N) is 1. The van der Waals surface area contributed by atoms with Gasteiger partial charge in [0.1, 0.15) is 6.04 Å². The van der Waals surface area contributed by atoms with E-state index < -0.39 is 17.4 Å². The minimum Gasteiger partial charge on any atom is -0.480 e. The molecule has 2 fully saturated rings. The Morgan fingerprint density at radius 1 is 1.02 bits per heavy atom. The van der Waals surface area contributed by atoms with Crippen LogP contribution in [0.4, 0.5) is 0 Å². The van der Waals surface area contributed by atoms with E-state index in [1.54, 1.807) is 0 Å². The molecule has 2 N–H and O–H groups in total. The third-order valence-electron chi connectivity index (χ3n) is 9.62. The molecule has 1 amide bonds. The average Bonchev–Trinajstić information content (AvgIpc) is 3.44. The van der Waals surface area contributed by atoms with Crippen molar-refractivity contribution in [2.45, 2.75) is 121 Å². The number of aryl methyl sites for hydroxylation is 3. The number of hydrogen-bond donors (Lipinski definition) is 2. The molecule has 6 heteroatoms. The van der Waals surface area contributed by atoms with Gasteiger partial charge in [0.15, 0.2) is 0 Å². The largest absolute Gasteiger partial charge is 0.480 e. The first-order valence-corrected chi connectivity index (χ1v) is 15.6. The Kier molecular flexibility index (Phi) is 9.24. The van der Waals surface area contributed by atoms with Crippen molar-refractivity contribution < 1.29 is 19.4 Å². The van der Waals surface area contributed by atoms with Crippen LogP contribution in [0.2, 0.25) is 0 Å². The summed E-state index contributed by atoms with van der Waals surface area (Å²) in [6, 6.07) is 11.9. The molecule has 2 saturated carbocycles. The predicted molar refractivity (Wildman–Crippen MR) is 157 cm³/mol. The van der Waals surface area contributed by atoms with Gasteiger partial charge in [0.05, 0.1) is 11.5 Å². The van der Waals surface area contributed by atoms with Crippen molar-refractivity contribution in [3.8, 4) is 0 Å². The topological polar surface area (TPSA) is 88.5 Å². The summed E-state index contributed by atoms with van der Waals surface area (Å²) in [6.07, 6.45) is 12.9. The third-order valence-corrected chi connectivity index (χ3v) is 9.62. The van der Waals surface area contributed by atoms with E-state index in [1.165, 1.54) is 41.8 Å². The van der Waals surface area contributed by atoms with Gasteiger partial charge >= 0.3 is 5.97 Å². The highest BCUT2D eigenvalue weighted by atomic mass is 16.5. The fraction of sp³-hybridized carbons (Fsp3) is 0.618. The van der Waals surface area contributed by atoms with Crippen LogP contribution in [0.15, 0.2) is 36.4 Å². The number of carboxylic acid groups (broad SMARTS) is 1. The summed E-state index contributed by atoms with van der Waals surface area (Å²) in [7, 11) is 0. The summed E-state index contributed by atoms with van der Waals surface area (Å²) < 4.78 is 6.04. The highest BCUT2D eigenvalue weighted by molar-refractivity contribution is 5.91. The van der Waals surface area contributed by atoms with E-state index in [0.717, 1.165) is 63.4 Å². The van der Waals surface area contributed by atoms with Crippen LogP contribution >= 0.6 is 0 Å². The van der Waals surface area contributed by atoms with Crippen molar-refractivity contribution in [2.24, 2.45) is 5.92 Å². The van der Waals surface area contributed by atoms with Gasteiger partial charge in [-0.3, -0.25) is 9.78 Å². The average molecular weight is 547 g/mol. The lowest BCUT2D eigenvalue weighted by molar-refractivity contribution is -0.143. The van der Waals surface area contributed by atoms with Gasteiger partial charge in [-0.05, 0) is 98.8 Å². The lowest BCUT2D eigenvalue weighted by Crippen LogP contribution is -2.50. The molecule has 0 bridgehead atoms. The van der Waals surface area contributed by atoms with Crippen molar-refractivity contribution in [1.29, 1.82) is 0 Å². The minimum absolute atomic E-state index is 0.158. The van der Waals surface area contributed by atoms with Crippen LogP contribution in [-0.4, -0.2) is 40.7 Å². The van der Waals surface area contributed by atoms with Crippen LogP contribution in [0.5, 0.6) is 0 Å². The zero-order valence-corrected chi connectivity index (χ0v) is 24.3. The van der Waals surface area contributed by atoms with Crippen LogP contribution in [0, 0.1) is 5.92 Å². The first kappa shape index (κ1) is 28.8. The van der Waals surface area contributed by atoms with Crippen LogP contribution in [0.3, 0.4) is 0 Å². The number of benzene rings is 1. The van der Waals surface area contributed by atoms with Crippen molar-refractivity contribution in [3.63, 3.8) is 0 Å². The number of fused-ring (bicyclic) bond motifs is 1. The van der Waals surface area contributed by atoms with Crippen LogP contribution in [0.25, 0.3) is 0 Å². The van der Waals surface area contributed by atoms with E-state index in [-0.39, 0.29) is 18.4 Å². The number of amides is 1. The van der Waals surface area contributed by atoms with Crippen LogP contribution in [-0.2, 0) is 39.0 Å². The molecule has 216 valence electrons. The molecule has 1 aromatic carbocycles. The van der Waals surface area contributed by atoms with Gasteiger partial charge in [0.25, 0.3) is 0 Å². The molecule has 3 aliphatic rings. The minimum atomic E-state index is -0.996. The zero-order valence-electron chi connectivity index (χ0n) is 24.3. The number of aliphatic carboxylic acids is 1. The second-order valence-electron chi connectivity index (χ2n) is 12.7. The SMILES string of the molecule is CC(C)c1ccc(C2(C(=O)N[C@@H](CCOC3CC(CCc4ccc5c(n4)CCCC5)C3)C(=O)O)CCCC2)cc1. The summed E-state index contributed by atoms with van der Waals surface area (Å²) >= 11 is 0. The van der Waals surface area contributed by atoms with Crippen molar-refractivity contribution >= 4 is 11.9 Å². The first-order valence-electron chi connectivity index (χ1n) is 15.6. The molecule has 2 aromatic rings. The Balaban J connectivity index is 1.07. The summed E-state index contributed by atoms with van der Waals surface area (Å²) in [5.74, 6) is -0.0866. The first-order chi connectivity index (χ1) is 19.3. The van der Waals surface area contributed by atoms with Gasteiger partial charge in [0.2, 0.25) is 5.91 Å². The molecule has 0 saturated heterocycles. The summed E-state index contributed by atoms with van der Waals surface area (Å²) in [6.45, 7) is 4.66. The summed E-state index contributed by atoms with van der Waals surface area (Å²) in [5.41, 5.74) is 5.55. The Labute approximate surface area is 239 Å². The fourth-order valence-electron chi connectivity index (χ4n) is 6.88. The van der Waals surface area contributed by atoms with Crippen molar-refractivity contribution in [3.05, 3.63) is 64.5 Å². The molecule has 0 spiro atoms. The number of nitrogens with zero attached hydrogens (tertiary/aromatic N) is 1. The lowest BCUT2D eigenvalue weighted by Gasteiger charge is -2.35. The molecular weight excluding hydrogens is 500 g/mol. The number of aromatic nitrogens is 1. The number of carboxylic acids is 1. The molecular formula is C34H46N2O4. The smallest absolute Gasteiger partial charge is 0.326 e. The maximum Gasteiger partial charge on any atom is 0.326 e. The Morgan fingerprint density at radius 3 is 2.45 bits per heavy atom. The molecule has 6 nitrogen and oxygen atoms in total. The van der Waals surface area contributed by atoms with Gasteiger partial charge in [-0.2, -0.15) is 0 Å². The van der Waals surface area contributed by atoms with E-state index in [4.69, 9.17) is 9.72 Å². The van der Waals surface area contributed by atoms with E-state index in [2.05, 4.69) is 55.6 Å². The van der Waals surface area contributed by atoms with E-state index in [9.17, 15) is 14.7 Å². The van der Waals surface area contributed by atoms with Crippen LogP contribution < -0.4 is 5.32 Å². The Morgan fingerprint density at radius 2 is 1.75 bits per heavy atom. The van der Waals surface area contributed by atoms with Crippen LogP contribution in [0.1, 0.15) is 112 Å². The molecule has 40 heavy (non-hydrogen) atoms. The fourth-order valence-corrected chi connectivity index (χ4v) is 6.88. The Bertz CT molecular complexity index is 1160. The summed E-state index contributed by atoms with van der Waals surface area (Å²) in [5, 5.41) is 12.8. The predicted octanol–water partition coefficient (Wildman–Crippen LogP) is 6.28. The van der Waals surface area contributed by atoms with Crippen molar-refractivity contribution in [2.75, 3.05) is 6.61 Å². The number of carbonyl (C=O) groups is 2. The maximum atomic E-state index is 13.6. The zero-order chi connectivity index (χ0) is 28.1. The lowest BCUT2D eigenvalue weighted by atomic mass is 9.77. The molecule has 0 unspecified atom stereocenters. The second-order valence-corrected chi connectivity index (χ2v) is 12.7. The normalized spacial score (nSPS) is 22.4. The molecule has 1 heterocycles. The maximum absolute atomic E-state index is 13.6. The highest BCUT2D eigenvalue weighted by Crippen LogP contribution is 2.42. The number of pyridine rings is 1. The number of rotatable bonds is 12. The molecule has 5 rings (SSSR count). The summed E-state index contributed by atoms with van der Waals surface area (Å²) in [4.78, 5) is 30.5. The highest BCUT2D eigenvalue weighted by Gasteiger charge is 2.44. The molecule has 0 radical (unpaired) electrons. The van der Waals surface area contributed by atoms with Gasteiger partial charge in [-0.15, -0.1) is 0 Å². The van der Waals surface area contributed by atoms with Gasteiger partial charge in [0, 0.05) is 24.4 Å². The molecule has 3 aliphatic carbocycles. The standard InChI is InChI=1S/C34H46N2O4/c1-23(2)25-10-13-27(14-11-25)34(18-5-6-19-34)33(39)36-31(32(37)38)17-20-40-29-21-24(22-29)9-15-28-16-12-26-7-3-4-8-30(26)35-28/h10-14,16,23-24,29,31H,3-9,15,17-22H2,1-2H3,(H,36,39)(H,37,38)/t24?,29?,31-/m0/s1. The van der Waals surface area contributed by atoms with E-state index in [0.29, 0.717) is 18.4 Å². The molecule has 1 atom stereocenters. The number of carbonyl (C=O) groups excluding carboxylic acids is 1. The number of ether oxygens (including phenoxy) is 1. The quantitative estimate of drug-likeness (QED) is 0.327. The monoisotopic (exact) mass is 546 g/mol. The third kappa shape index (κ3) is 6.59. The molecule has 0 aliphatic heterocycles. The van der Waals surface area contributed by atoms with Gasteiger partial charge in [-0.25, -0.2) is 4.79 Å². The number of hydrogen-bond acceptors (Lipinski definition) is 4. The van der Waals surface area contributed by atoms with E-state index in [1.807, 2.05) is 0 Å². The Hall–Kier alpha value is -2.73.